The molecule has 20 heavy (non-hydrogen) atoms. The van der Waals surface area contributed by atoms with Crippen LogP contribution in [0.15, 0.2) is 30.6 Å². The predicted molar refractivity (Wildman–Crippen MR) is 76.7 cm³/mol. The van der Waals surface area contributed by atoms with Crippen LogP contribution < -0.4 is 5.32 Å². The Morgan fingerprint density at radius 3 is 2.65 bits per heavy atom. The van der Waals surface area contributed by atoms with E-state index in [1.807, 2.05) is 6.07 Å². The lowest BCUT2D eigenvalue weighted by atomic mass is 10.2. The van der Waals surface area contributed by atoms with E-state index in [9.17, 15) is 9.59 Å². The highest BCUT2D eigenvalue weighted by molar-refractivity contribution is 5.94. The third-order valence-electron chi connectivity index (χ3n) is 2.23. The Morgan fingerprint density at radius 2 is 2.10 bits per heavy atom. The highest BCUT2D eigenvalue weighted by Crippen LogP contribution is 2.08. The van der Waals surface area contributed by atoms with Crippen LogP contribution in [0.5, 0.6) is 0 Å². The standard InChI is InChI=1S/C15H20N2O3/c1-11(14(19)20-15(2,3)4)17-13(18)8-7-12-6-5-9-16-10-12/h5-11H,1-4H3,(H,17,18)/b8-7+/t11-/m0/s1. The number of hydrogen-bond acceptors (Lipinski definition) is 4. The minimum atomic E-state index is -0.694. The number of carbonyl (C=O) groups is 2. The molecule has 1 rings (SSSR count). The molecule has 0 unspecified atom stereocenters. The quantitative estimate of drug-likeness (QED) is 0.674. The minimum Gasteiger partial charge on any atom is -0.458 e. The molecule has 0 saturated carbocycles. The van der Waals surface area contributed by atoms with Crippen LogP contribution in [0.1, 0.15) is 33.3 Å². The Morgan fingerprint density at radius 1 is 1.40 bits per heavy atom. The van der Waals surface area contributed by atoms with Crippen molar-refractivity contribution in [3.05, 3.63) is 36.2 Å². The summed E-state index contributed by atoms with van der Waals surface area (Å²) < 4.78 is 5.18. The second kappa shape index (κ2) is 6.84. The highest BCUT2D eigenvalue weighted by Gasteiger charge is 2.22. The van der Waals surface area contributed by atoms with Crippen molar-refractivity contribution in [3.63, 3.8) is 0 Å². The number of esters is 1. The highest BCUT2D eigenvalue weighted by atomic mass is 16.6. The molecular weight excluding hydrogens is 256 g/mol. The van der Waals surface area contributed by atoms with E-state index in [1.54, 1.807) is 52.2 Å². The molecule has 5 heteroatoms. The fourth-order valence-electron chi connectivity index (χ4n) is 1.36. The summed E-state index contributed by atoms with van der Waals surface area (Å²) in [6.07, 6.45) is 6.28. The van der Waals surface area contributed by atoms with Gasteiger partial charge in [-0.1, -0.05) is 6.07 Å². The predicted octanol–water partition coefficient (Wildman–Crippen LogP) is 1.94. The fourth-order valence-corrected chi connectivity index (χ4v) is 1.36. The normalized spacial score (nSPS) is 13.0. The van der Waals surface area contributed by atoms with Crippen molar-refractivity contribution >= 4 is 18.0 Å². The molecule has 0 saturated heterocycles. The monoisotopic (exact) mass is 276 g/mol. The van der Waals surface area contributed by atoms with E-state index in [1.165, 1.54) is 6.08 Å². The van der Waals surface area contributed by atoms with Gasteiger partial charge in [0.2, 0.25) is 5.91 Å². The van der Waals surface area contributed by atoms with Crippen LogP contribution in [0.4, 0.5) is 0 Å². The molecule has 1 amide bonds. The molecule has 5 nitrogen and oxygen atoms in total. The Kier molecular flexibility index (Phi) is 5.43. The van der Waals surface area contributed by atoms with Gasteiger partial charge in [0.25, 0.3) is 0 Å². The van der Waals surface area contributed by atoms with Crippen LogP contribution in [-0.2, 0) is 14.3 Å². The van der Waals surface area contributed by atoms with Crippen molar-refractivity contribution in [2.75, 3.05) is 0 Å². The fraction of sp³-hybridized carbons (Fsp3) is 0.400. The van der Waals surface area contributed by atoms with Crippen molar-refractivity contribution in [2.24, 2.45) is 0 Å². The van der Waals surface area contributed by atoms with Gasteiger partial charge in [-0.15, -0.1) is 0 Å². The average Bonchev–Trinajstić information content (AvgIpc) is 2.35. The van der Waals surface area contributed by atoms with Gasteiger partial charge in [-0.3, -0.25) is 9.78 Å². The lowest BCUT2D eigenvalue weighted by Crippen LogP contribution is -2.41. The number of carbonyl (C=O) groups excluding carboxylic acids is 2. The molecule has 1 atom stereocenters. The minimum absolute atomic E-state index is 0.354. The van der Waals surface area contributed by atoms with E-state index in [-0.39, 0.29) is 5.91 Å². The lowest BCUT2D eigenvalue weighted by molar-refractivity contribution is -0.157. The molecule has 0 spiro atoms. The van der Waals surface area contributed by atoms with Crippen molar-refractivity contribution in [2.45, 2.75) is 39.3 Å². The number of aromatic nitrogens is 1. The number of nitrogens with one attached hydrogen (secondary N) is 1. The zero-order chi connectivity index (χ0) is 15.2. The van der Waals surface area contributed by atoms with E-state index < -0.39 is 17.6 Å². The molecule has 0 aromatic carbocycles. The summed E-state index contributed by atoms with van der Waals surface area (Å²) in [7, 11) is 0. The largest absolute Gasteiger partial charge is 0.458 e. The van der Waals surface area contributed by atoms with Crippen molar-refractivity contribution < 1.29 is 14.3 Å². The molecule has 1 aromatic heterocycles. The summed E-state index contributed by atoms with van der Waals surface area (Å²) in [5, 5.41) is 2.55. The number of pyridine rings is 1. The first kappa shape index (κ1) is 15.9. The van der Waals surface area contributed by atoms with Crippen LogP contribution in [0, 0.1) is 0 Å². The van der Waals surface area contributed by atoms with Crippen LogP contribution in [0.25, 0.3) is 6.08 Å². The third-order valence-corrected chi connectivity index (χ3v) is 2.23. The first-order valence-electron chi connectivity index (χ1n) is 6.39. The molecule has 0 radical (unpaired) electrons. The maximum Gasteiger partial charge on any atom is 0.328 e. The van der Waals surface area contributed by atoms with E-state index >= 15 is 0 Å². The topological polar surface area (TPSA) is 68.3 Å². The Balaban J connectivity index is 2.50. The Labute approximate surface area is 119 Å². The zero-order valence-corrected chi connectivity index (χ0v) is 12.2. The van der Waals surface area contributed by atoms with Crippen molar-refractivity contribution in [1.82, 2.24) is 10.3 Å². The maximum atomic E-state index is 11.7. The summed E-state index contributed by atoms with van der Waals surface area (Å²) >= 11 is 0. The molecule has 0 aliphatic carbocycles. The first-order chi connectivity index (χ1) is 9.28. The molecular formula is C15H20N2O3. The number of nitrogens with zero attached hydrogens (tertiary/aromatic N) is 1. The smallest absolute Gasteiger partial charge is 0.328 e. The SMILES string of the molecule is C[C@H](NC(=O)/C=C/c1cccnc1)C(=O)OC(C)(C)C. The Bertz CT molecular complexity index is 490. The van der Waals surface area contributed by atoms with E-state index in [4.69, 9.17) is 4.74 Å². The van der Waals surface area contributed by atoms with Gasteiger partial charge in [0.1, 0.15) is 11.6 Å². The number of rotatable bonds is 4. The summed E-state index contributed by atoms with van der Waals surface area (Å²) in [6.45, 7) is 6.93. The molecule has 1 aromatic rings. The summed E-state index contributed by atoms with van der Waals surface area (Å²) in [6, 6.07) is 2.91. The number of ether oxygens (including phenoxy) is 1. The molecule has 1 heterocycles. The molecule has 0 bridgehead atoms. The van der Waals surface area contributed by atoms with Gasteiger partial charge in [-0.25, -0.2) is 4.79 Å². The molecule has 0 aliphatic rings. The first-order valence-corrected chi connectivity index (χ1v) is 6.39. The zero-order valence-electron chi connectivity index (χ0n) is 12.2. The van der Waals surface area contributed by atoms with Crippen LogP contribution in [-0.4, -0.2) is 28.5 Å². The molecule has 0 aliphatic heterocycles. The molecule has 0 fully saturated rings. The second-order valence-electron chi connectivity index (χ2n) is 5.38. The van der Waals surface area contributed by atoms with Gasteiger partial charge in [0.05, 0.1) is 0 Å². The number of hydrogen-bond donors (Lipinski definition) is 1. The lowest BCUT2D eigenvalue weighted by Gasteiger charge is -2.22. The second-order valence-corrected chi connectivity index (χ2v) is 5.38. The van der Waals surface area contributed by atoms with Gasteiger partial charge >= 0.3 is 5.97 Å². The molecule has 1 N–H and O–H groups in total. The maximum absolute atomic E-state index is 11.7. The van der Waals surface area contributed by atoms with Crippen molar-refractivity contribution in [3.8, 4) is 0 Å². The van der Waals surface area contributed by atoms with Gasteiger partial charge in [0, 0.05) is 18.5 Å². The number of amides is 1. The average molecular weight is 276 g/mol. The van der Waals surface area contributed by atoms with Gasteiger partial charge in [0.15, 0.2) is 0 Å². The van der Waals surface area contributed by atoms with E-state index in [2.05, 4.69) is 10.3 Å². The summed E-state index contributed by atoms with van der Waals surface area (Å²) in [5.74, 6) is -0.812. The molecule has 108 valence electrons. The van der Waals surface area contributed by atoms with Gasteiger partial charge in [-0.2, -0.15) is 0 Å². The van der Waals surface area contributed by atoms with Gasteiger partial charge < -0.3 is 10.1 Å². The third kappa shape index (κ3) is 6.13. The summed E-state index contributed by atoms with van der Waals surface area (Å²) in [5.41, 5.74) is 0.245. The van der Waals surface area contributed by atoms with Crippen LogP contribution >= 0.6 is 0 Å². The Hall–Kier alpha value is -2.17. The van der Waals surface area contributed by atoms with Gasteiger partial charge in [-0.05, 0) is 45.4 Å². The van der Waals surface area contributed by atoms with E-state index in [0.29, 0.717) is 0 Å². The van der Waals surface area contributed by atoms with E-state index in [0.717, 1.165) is 5.56 Å². The summed E-state index contributed by atoms with van der Waals surface area (Å²) in [4.78, 5) is 27.3. The van der Waals surface area contributed by atoms with Crippen molar-refractivity contribution in [1.29, 1.82) is 0 Å². The van der Waals surface area contributed by atoms with Crippen LogP contribution in [0.2, 0.25) is 0 Å². The van der Waals surface area contributed by atoms with Crippen LogP contribution in [0.3, 0.4) is 0 Å².